The molecule has 0 aliphatic carbocycles. The van der Waals surface area contributed by atoms with Crippen molar-refractivity contribution in [3.8, 4) is 0 Å². The molecule has 0 unspecified atom stereocenters. The molecule has 0 aromatic carbocycles. The Kier molecular flexibility index (Phi) is 2.79. The van der Waals surface area contributed by atoms with Crippen molar-refractivity contribution in [2.24, 2.45) is 5.10 Å². The third-order valence-electron chi connectivity index (χ3n) is 1.24. The molecule has 0 N–H and O–H groups in total. The van der Waals surface area contributed by atoms with Crippen LogP contribution < -0.4 is 5.43 Å². The first-order valence-corrected chi connectivity index (χ1v) is 3.70. The zero-order valence-electron chi connectivity index (χ0n) is 6.93. The van der Waals surface area contributed by atoms with Gasteiger partial charge in [-0.1, -0.05) is 0 Å². The van der Waals surface area contributed by atoms with Gasteiger partial charge in [-0.25, -0.2) is 0 Å². The highest BCUT2D eigenvalue weighted by molar-refractivity contribution is 5.96. The van der Waals surface area contributed by atoms with Crippen molar-refractivity contribution in [2.75, 3.05) is 6.61 Å². The molecule has 1 radical (unpaired) electrons. The fourth-order valence-corrected chi connectivity index (χ4v) is 0.824. The van der Waals surface area contributed by atoms with Gasteiger partial charge in [-0.15, -0.1) is 5.43 Å². The van der Waals surface area contributed by atoms with Gasteiger partial charge < -0.3 is 4.74 Å². The Hall–Kier alpha value is -1.20. The summed E-state index contributed by atoms with van der Waals surface area (Å²) in [6.45, 7) is 2.09. The monoisotopic (exact) mass is 193 g/mol. The topological polar surface area (TPSA) is 35.7 Å². The van der Waals surface area contributed by atoms with E-state index in [4.69, 9.17) is 4.74 Å². The number of hydrogen-bond donors (Lipinski definition) is 0. The molecular weight excluding hydrogens is 185 g/mol. The van der Waals surface area contributed by atoms with E-state index in [0.29, 0.717) is 6.61 Å². The molecule has 0 atom stereocenters. The average molecular weight is 193 g/mol. The van der Waals surface area contributed by atoms with Crippen LogP contribution in [0.3, 0.4) is 0 Å². The molecule has 0 spiro atoms. The molecule has 1 aliphatic rings. The molecule has 1 heterocycles. The fourth-order valence-electron chi connectivity index (χ4n) is 0.824. The van der Waals surface area contributed by atoms with E-state index in [1.165, 1.54) is 6.08 Å². The highest BCUT2D eigenvalue weighted by Gasteiger charge is 2.31. The summed E-state index contributed by atoms with van der Waals surface area (Å²) in [6.07, 6.45) is -4.11. The van der Waals surface area contributed by atoms with Crippen molar-refractivity contribution in [3.05, 3.63) is 12.0 Å². The van der Waals surface area contributed by atoms with Crippen molar-refractivity contribution in [1.29, 1.82) is 0 Å². The van der Waals surface area contributed by atoms with Crippen LogP contribution in [0.15, 0.2) is 17.1 Å². The van der Waals surface area contributed by atoms with Crippen molar-refractivity contribution in [3.63, 3.8) is 0 Å². The van der Waals surface area contributed by atoms with Gasteiger partial charge in [0.15, 0.2) is 0 Å². The number of alkyl halides is 3. The van der Waals surface area contributed by atoms with Gasteiger partial charge >= 0.3 is 6.18 Å². The van der Waals surface area contributed by atoms with E-state index < -0.39 is 12.6 Å². The fraction of sp³-hybridized carbons (Fsp3) is 0.571. The molecule has 13 heavy (non-hydrogen) atoms. The van der Waals surface area contributed by atoms with Crippen LogP contribution in [0.5, 0.6) is 0 Å². The maximum Gasteiger partial charge on any atom is 0.394 e. The van der Waals surface area contributed by atoms with Crippen LogP contribution in [0, 0.1) is 0 Å². The Morgan fingerprint density at radius 3 is 2.69 bits per heavy atom. The summed E-state index contributed by atoms with van der Waals surface area (Å²) in [5.74, 6) is 0.141. The van der Waals surface area contributed by atoms with E-state index in [0.717, 1.165) is 0 Å². The molecule has 1 aliphatic heterocycles. The number of halogens is 3. The molecule has 0 saturated carbocycles. The second-order valence-corrected chi connectivity index (χ2v) is 2.40. The van der Waals surface area contributed by atoms with Gasteiger partial charge in [-0.3, -0.25) is 0 Å². The molecule has 0 fully saturated rings. The van der Waals surface area contributed by atoms with Gasteiger partial charge in [-0.2, -0.15) is 18.3 Å². The van der Waals surface area contributed by atoms with Crippen LogP contribution in [-0.4, -0.2) is 18.5 Å². The third-order valence-corrected chi connectivity index (χ3v) is 1.24. The lowest BCUT2D eigenvalue weighted by Crippen LogP contribution is -2.12. The quantitative estimate of drug-likeness (QED) is 0.673. The Balaban J connectivity index is 2.47. The summed E-state index contributed by atoms with van der Waals surface area (Å²) in [6, 6.07) is 0. The van der Waals surface area contributed by atoms with Crippen molar-refractivity contribution >= 4 is 5.71 Å². The predicted molar refractivity (Wildman–Crippen MR) is 40.0 cm³/mol. The van der Waals surface area contributed by atoms with Gasteiger partial charge in [0.2, 0.25) is 5.88 Å². The van der Waals surface area contributed by atoms with E-state index in [1.807, 2.05) is 0 Å². The molecule has 0 aromatic heterocycles. The normalized spacial score (nSPS) is 16.3. The minimum absolute atomic E-state index is 0.115. The molecule has 3 nitrogen and oxygen atoms in total. The summed E-state index contributed by atoms with van der Waals surface area (Å²) in [5, 5.41) is 3.33. The summed E-state index contributed by atoms with van der Waals surface area (Å²) in [7, 11) is 0. The summed E-state index contributed by atoms with van der Waals surface area (Å²) in [5.41, 5.74) is 3.30. The zero-order chi connectivity index (χ0) is 9.90. The van der Waals surface area contributed by atoms with Gasteiger partial charge in [-0.05, 0) is 6.92 Å². The number of rotatable bonds is 3. The van der Waals surface area contributed by atoms with Gasteiger partial charge in [0.1, 0.15) is 0 Å². The highest BCUT2D eigenvalue weighted by atomic mass is 19.4. The molecule has 0 aromatic rings. The third kappa shape index (κ3) is 3.35. The van der Waals surface area contributed by atoms with E-state index >= 15 is 0 Å². The summed E-state index contributed by atoms with van der Waals surface area (Å²) < 4.78 is 40.3. The highest BCUT2D eigenvalue weighted by Crippen LogP contribution is 2.22. The smallest absolute Gasteiger partial charge is 0.394 e. The van der Waals surface area contributed by atoms with Crippen molar-refractivity contribution in [2.45, 2.75) is 19.5 Å². The van der Waals surface area contributed by atoms with E-state index in [1.54, 1.807) is 6.92 Å². The standard InChI is InChI=1S/C7H8F3N2O/c1-2-13-6-3-5(11-12-6)4-7(8,9)10/h3H,2,4H2,1H3. The summed E-state index contributed by atoms with van der Waals surface area (Å²) >= 11 is 0. The van der Waals surface area contributed by atoms with E-state index in [-0.39, 0.29) is 11.6 Å². The Bertz CT molecular complexity index is 245. The zero-order valence-corrected chi connectivity index (χ0v) is 6.93. The first kappa shape index (κ1) is 9.88. The van der Waals surface area contributed by atoms with Crippen LogP contribution >= 0.6 is 0 Å². The predicted octanol–water partition coefficient (Wildman–Crippen LogP) is 1.79. The number of nitrogens with zero attached hydrogens (tertiary/aromatic N) is 2. The Morgan fingerprint density at radius 2 is 2.15 bits per heavy atom. The Labute approximate surface area is 73.3 Å². The van der Waals surface area contributed by atoms with Crippen molar-refractivity contribution in [1.82, 2.24) is 5.43 Å². The number of hydrogen-bond acceptors (Lipinski definition) is 2. The van der Waals surface area contributed by atoms with Crippen LogP contribution in [0.4, 0.5) is 13.2 Å². The minimum Gasteiger partial charge on any atom is -0.477 e. The average Bonchev–Trinajstić information content (AvgIpc) is 2.33. The summed E-state index contributed by atoms with van der Waals surface area (Å²) in [4.78, 5) is 0. The van der Waals surface area contributed by atoms with Gasteiger partial charge in [0.25, 0.3) is 0 Å². The van der Waals surface area contributed by atoms with E-state index in [9.17, 15) is 13.2 Å². The lowest BCUT2D eigenvalue weighted by molar-refractivity contribution is -0.121. The molecule has 0 saturated heterocycles. The molecule has 1 rings (SSSR count). The number of ether oxygens (including phenoxy) is 1. The van der Waals surface area contributed by atoms with Crippen LogP contribution in [0.1, 0.15) is 13.3 Å². The van der Waals surface area contributed by atoms with Gasteiger partial charge in [0.05, 0.1) is 18.7 Å². The molecule has 0 bridgehead atoms. The van der Waals surface area contributed by atoms with Crippen LogP contribution in [0.25, 0.3) is 0 Å². The second-order valence-electron chi connectivity index (χ2n) is 2.40. The lowest BCUT2D eigenvalue weighted by atomic mass is 10.2. The van der Waals surface area contributed by atoms with E-state index in [2.05, 4.69) is 10.5 Å². The Morgan fingerprint density at radius 1 is 1.46 bits per heavy atom. The molecular formula is C7H8F3N2O. The maximum absolute atomic E-state index is 11.8. The molecule has 6 heteroatoms. The van der Waals surface area contributed by atoms with Crippen LogP contribution in [-0.2, 0) is 4.74 Å². The maximum atomic E-state index is 11.8. The molecule has 0 amide bonds. The van der Waals surface area contributed by atoms with Gasteiger partial charge in [0, 0.05) is 6.08 Å². The largest absolute Gasteiger partial charge is 0.477 e. The van der Waals surface area contributed by atoms with Crippen molar-refractivity contribution < 1.29 is 17.9 Å². The second kappa shape index (κ2) is 3.68. The number of allylic oxidation sites excluding steroid dienone is 1. The SMILES string of the molecule is CCOC1=CC(CC(F)(F)F)=N[N]1. The minimum atomic E-state index is -4.24. The van der Waals surface area contributed by atoms with Crippen LogP contribution in [0.2, 0.25) is 0 Å². The first-order chi connectivity index (χ1) is 6.01. The molecule has 73 valence electrons. The lowest BCUT2D eigenvalue weighted by Gasteiger charge is -2.01. The first-order valence-electron chi connectivity index (χ1n) is 3.70.